The van der Waals surface area contributed by atoms with Crippen molar-refractivity contribution < 1.29 is 13.5 Å². The van der Waals surface area contributed by atoms with Gasteiger partial charge in [-0.2, -0.15) is 4.98 Å². The number of aromatic nitrogens is 2. The van der Waals surface area contributed by atoms with E-state index < -0.39 is 11.6 Å². The van der Waals surface area contributed by atoms with Crippen LogP contribution in [-0.4, -0.2) is 17.0 Å². The van der Waals surface area contributed by atoms with Crippen LogP contribution in [0.25, 0.3) is 0 Å². The molecule has 0 bridgehead atoms. The van der Waals surface area contributed by atoms with Crippen molar-refractivity contribution in [1.29, 1.82) is 0 Å². The lowest BCUT2D eigenvalue weighted by Crippen LogP contribution is -2.03. The van der Waals surface area contributed by atoms with Crippen LogP contribution >= 0.6 is 0 Å². The number of halogens is 2. The van der Waals surface area contributed by atoms with Crippen LogP contribution in [0.1, 0.15) is 25.6 Å². The molecule has 0 aliphatic rings. The van der Waals surface area contributed by atoms with E-state index in [1.165, 1.54) is 6.07 Å². The molecule has 0 saturated carbocycles. The molecular formula is C14H15F2N3O. The van der Waals surface area contributed by atoms with Crippen LogP contribution in [0.4, 0.5) is 14.6 Å². The van der Waals surface area contributed by atoms with Crippen molar-refractivity contribution in [2.24, 2.45) is 0 Å². The molecule has 0 fully saturated rings. The molecule has 0 saturated heterocycles. The van der Waals surface area contributed by atoms with Crippen LogP contribution in [0.3, 0.4) is 0 Å². The Labute approximate surface area is 115 Å². The Hall–Kier alpha value is -2.24. The maximum Gasteiger partial charge on any atom is 0.224 e. The van der Waals surface area contributed by atoms with Gasteiger partial charge < -0.3 is 10.1 Å². The lowest BCUT2D eigenvalue weighted by Gasteiger charge is -2.11. The van der Waals surface area contributed by atoms with E-state index in [4.69, 9.17) is 4.74 Å². The molecule has 1 N–H and O–H groups in total. The zero-order valence-electron chi connectivity index (χ0n) is 11.4. The number of hydrogen-bond acceptors (Lipinski definition) is 4. The molecule has 0 aliphatic heterocycles. The van der Waals surface area contributed by atoms with Gasteiger partial charge >= 0.3 is 0 Å². The summed E-state index contributed by atoms with van der Waals surface area (Å²) in [4.78, 5) is 8.48. The van der Waals surface area contributed by atoms with Crippen molar-refractivity contribution in [2.45, 2.75) is 19.8 Å². The van der Waals surface area contributed by atoms with Gasteiger partial charge in [0.05, 0.1) is 0 Å². The summed E-state index contributed by atoms with van der Waals surface area (Å²) in [6.07, 6.45) is 0. The number of anilines is 1. The van der Waals surface area contributed by atoms with E-state index in [0.29, 0.717) is 11.6 Å². The van der Waals surface area contributed by atoms with E-state index in [0.717, 1.165) is 12.1 Å². The summed E-state index contributed by atoms with van der Waals surface area (Å²) < 4.78 is 31.8. The second-order valence-corrected chi connectivity index (χ2v) is 4.53. The predicted molar refractivity (Wildman–Crippen MR) is 72.1 cm³/mol. The van der Waals surface area contributed by atoms with Crippen molar-refractivity contribution in [2.75, 3.05) is 12.4 Å². The van der Waals surface area contributed by atoms with Gasteiger partial charge in [0.1, 0.15) is 17.5 Å². The number of nitrogens with zero attached hydrogens (tertiary/aromatic N) is 2. The Morgan fingerprint density at radius 1 is 1.15 bits per heavy atom. The minimum Gasteiger partial charge on any atom is -0.436 e. The molecule has 106 valence electrons. The summed E-state index contributed by atoms with van der Waals surface area (Å²) in [5.41, 5.74) is 0. The fourth-order valence-corrected chi connectivity index (χ4v) is 1.55. The van der Waals surface area contributed by atoms with Gasteiger partial charge in [-0.05, 0) is 12.1 Å². The van der Waals surface area contributed by atoms with Crippen LogP contribution in [0.2, 0.25) is 0 Å². The van der Waals surface area contributed by atoms with Gasteiger partial charge in [-0.25, -0.2) is 13.8 Å². The van der Waals surface area contributed by atoms with Gasteiger partial charge in [-0.3, -0.25) is 0 Å². The number of nitrogens with one attached hydrogen (secondary N) is 1. The topological polar surface area (TPSA) is 47.0 Å². The van der Waals surface area contributed by atoms with Crippen LogP contribution < -0.4 is 10.1 Å². The Balaban J connectivity index is 2.34. The molecule has 2 rings (SSSR count). The monoisotopic (exact) mass is 279 g/mol. The van der Waals surface area contributed by atoms with Gasteiger partial charge in [-0.1, -0.05) is 13.8 Å². The van der Waals surface area contributed by atoms with Crippen molar-refractivity contribution in [1.82, 2.24) is 9.97 Å². The van der Waals surface area contributed by atoms with Crippen molar-refractivity contribution in [3.63, 3.8) is 0 Å². The predicted octanol–water partition coefficient (Wildman–Crippen LogP) is 3.71. The molecule has 4 nitrogen and oxygen atoms in total. The van der Waals surface area contributed by atoms with E-state index in [9.17, 15) is 8.78 Å². The first-order valence-electron chi connectivity index (χ1n) is 6.19. The number of hydrogen-bond donors (Lipinski definition) is 1. The van der Waals surface area contributed by atoms with Crippen molar-refractivity contribution in [3.8, 4) is 11.6 Å². The fourth-order valence-electron chi connectivity index (χ4n) is 1.55. The highest BCUT2D eigenvalue weighted by Crippen LogP contribution is 2.26. The molecule has 6 heteroatoms. The fraction of sp³-hybridized carbons (Fsp3) is 0.286. The number of rotatable bonds is 4. The second kappa shape index (κ2) is 5.81. The smallest absolute Gasteiger partial charge is 0.224 e. The molecule has 0 aliphatic carbocycles. The first-order chi connectivity index (χ1) is 9.49. The second-order valence-electron chi connectivity index (χ2n) is 4.53. The van der Waals surface area contributed by atoms with E-state index in [1.807, 2.05) is 13.8 Å². The van der Waals surface area contributed by atoms with Crippen molar-refractivity contribution in [3.05, 3.63) is 41.7 Å². The third-order valence-electron chi connectivity index (χ3n) is 2.60. The van der Waals surface area contributed by atoms with E-state index in [2.05, 4.69) is 15.3 Å². The average molecular weight is 279 g/mol. The Bertz CT molecular complexity index is 617. The van der Waals surface area contributed by atoms with E-state index in [-0.39, 0.29) is 17.5 Å². The highest BCUT2D eigenvalue weighted by molar-refractivity contribution is 5.40. The first-order valence-corrected chi connectivity index (χ1v) is 6.19. The van der Waals surface area contributed by atoms with Gasteiger partial charge in [-0.15, -0.1) is 0 Å². The Morgan fingerprint density at radius 3 is 2.50 bits per heavy atom. The number of benzene rings is 1. The largest absolute Gasteiger partial charge is 0.436 e. The molecule has 0 atom stereocenters. The summed E-state index contributed by atoms with van der Waals surface area (Å²) in [5, 5.41) is 2.89. The van der Waals surface area contributed by atoms with Crippen molar-refractivity contribution >= 4 is 5.82 Å². The van der Waals surface area contributed by atoms with E-state index >= 15 is 0 Å². The molecule has 1 heterocycles. The zero-order chi connectivity index (χ0) is 14.7. The summed E-state index contributed by atoms with van der Waals surface area (Å²) in [6, 6.07) is 4.66. The quantitative estimate of drug-likeness (QED) is 0.926. The molecule has 1 aromatic heterocycles. The third kappa shape index (κ3) is 3.20. The normalized spacial score (nSPS) is 10.7. The van der Waals surface area contributed by atoms with E-state index in [1.54, 1.807) is 13.1 Å². The molecule has 0 amide bonds. The summed E-state index contributed by atoms with van der Waals surface area (Å²) in [6.45, 7) is 3.88. The highest BCUT2D eigenvalue weighted by atomic mass is 19.1. The van der Waals surface area contributed by atoms with Crippen LogP contribution in [0.15, 0.2) is 24.3 Å². The minimum absolute atomic E-state index is 0.0816. The summed E-state index contributed by atoms with van der Waals surface area (Å²) in [5.74, 6) is -0.0586. The molecule has 0 spiro atoms. The standard InChI is InChI=1S/C14H15F2N3O/c1-8(2)14-18-12(17-3)7-13(19-14)20-11-5-4-9(15)6-10(11)16/h4-8H,1-3H3,(H,17,18,19). The number of ether oxygens (including phenoxy) is 1. The minimum atomic E-state index is -0.777. The highest BCUT2D eigenvalue weighted by Gasteiger charge is 2.11. The van der Waals surface area contributed by atoms with Gasteiger partial charge in [0.15, 0.2) is 11.6 Å². The Morgan fingerprint density at radius 2 is 1.90 bits per heavy atom. The molecule has 0 unspecified atom stereocenters. The van der Waals surface area contributed by atoms with Crippen LogP contribution in [0.5, 0.6) is 11.6 Å². The summed E-state index contributed by atoms with van der Waals surface area (Å²) in [7, 11) is 1.72. The SMILES string of the molecule is CNc1cc(Oc2ccc(F)cc2F)nc(C(C)C)n1. The molecule has 0 radical (unpaired) electrons. The van der Waals surface area contributed by atoms with Gasteiger partial charge in [0, 0.05) is 25.1 Å². The average Bonchev–Trinajstić information content (AvgIpc) is 2.41. The Kier molecular flexibility index (Phi) is 4.12. The molecule has 20 heavy (non-hydrogen) atoms. The third-order valence-corrected chi connectivity index (χ3v) is 2.60. The van der Waals surface area contributed by atoms with Crippen LogP contribution in [0, 0.1) is 11.6 Å². The molecular weight excluding hydrogens is 264 g/mol. The van der Waals surface area contributed by atoms with Crippen LogP contribution in [-0.2, 0) is 0 Å². The molecule has 1 aromatic carbocycles. The lowest BCUT2D eigenvalue weighted by molar-refractivity contribution is 0.420. The zero-order valence-corrected chi connectivity index (χ0v) is 11.4. The lowest BCUT2D eigenvalue weighted by atomic mass is 10.2. The van der Waals surface area contributed by atoms with Gasteiger partial charge in [0.2, 0.25) is 5.88 Å². The maximum atomic E-state index is 13.6. The first kappa shape index (κ1) is 14.2. The maximum absolute atomic E-state index is 13.6. The van der Waals surface area contributed by atoms with Gasteiger partial charge in [0.25, 0.3) is 0 Å². The molecule has 2 aromatic rings. The summed E-state index contributed by atoms with van der Waals surface area (Å²) >= 11 is 0.